The third-order valence-corrected chi connectivity index (χ3v) is 5.15. The lowest BCUT2D eigenvalue weighted by atomic mass is 10.1. The van der Waals surface area contributed by atoms with Gasteiger partial charge in [0.15, 0.2) is 7.98 Å². The first-order valence-corrected chi connectivity index (χ1v) is 10.6. The molecule has 1 heterocycles. The summed E-state index contributed by atoms with van der Waals surface area (Å²) in [7, 11) is 5.19. The summed E-state index contributed by atoms with van der Waals surface area (Å²) in [5.74, 6) is 0.531. The highest BCUT2D eigenvalue weighted by molar-refractivity contribution is 6.42. The molecule has 1 aliphatic rings. The summed E-state index contributed by atoms with van der Waals surface area (Å²) < 4.78 is 0. The number of nitrogens with zero attached hydrogens (tertiary/aromatic N) is 2. The van der Waals surface area contributed by atoms with Crippen molar-refractivity contribution >= 4 is 54.5 Å². The molecule has 2 radical (unpaired) electrons. The predicted molar refractivity (Wildman–Crippen MR) is 118 cm³/mol. The zero-order chi connectivity index (χ0) is 21.1. The molecule has 2 amide bonds. The topological polar surface area (TPSA) is 85.8 Å². The highest BCUT2D eigenvalue weighted by atomic mass is 35.5. The van der Waals surface area contributed by atoms with E-state index >= 15 is 0 Å². The highest BCUT2D eigenvalue weighted by Crippen LogP contribution is 2.28. The Morgan fingerprint density at radius 1 is 1.03 bits per heavy atom. The van der Waals surface area contributed by atoms with Gasteiger partial charge in [-0.3, -0.25) is 14.6 Å². The van der Waals surface area contributed by atoms with Crippen LogP contribution >= 0.6 is 23.2 Å². The number of nitrogens with one attached hydrogen (secondary N) is 3. The minimum absolute atomic E-state index is 0.0172. The average molecular weight is 438 g/mol. The molecular weight excluding hydrogens is 412 g/mol. The Labute approximate surface area is 183 Å². The van der Waals surface area contributed by atoms with Gasteiger partial charge in [-0.2, -0.15) is 5.10 Å². The van der Waals surface area contributed by atoms with Crippen molar-refractivity contribution < 1.29 is 9.59 Å². The van der Waals surface area contributed by atoms with E-state index in [1.54, 1.807) is 17.1 Å². The standard InChI is InChI=1S/C19H26BCl2N5O2/c20-24-11-3-1-2-5-18(28)23-10-4-6-19(29)25-17-9-12-27(26-17)14-7-8-15(21)16(22)13-14/h7-8,13,24H,1-6,9-12H2,(H,23,28)(H,25,26,29). The van der Waals surface area contributed by atoms with Crippen LogP contribution in [0.25, 0.3) is 0 Å². The highest BCUT2D eigenvalue weighted by Gasteiger charge is 2.18. The minimum Gasteiger partial charge on any atom is -0.366 e. The minimum atomic E-state index is -0.108. The number of benzene rings is 1. The Hall–Kier alpha value is -1.77. The maximum atomic E-state index is 12.1. The van der Waals surface area contributed by atoms with Gasteiger partial charge in [-0.1, -0.05) is 29.6 Å². The number of rotatable bonds is 11. The zero-order valence-electron chi connectivity index (χ0n) is 16.3. The van der Waals surface area contributed by atoms with E-state index in [0.717, 1.165) is 31.5 Å². The Morgan fingerprint density at radius 2 is 1.83 bits per heavy atom. The Morgan fingerprint density at radius 3 is 2.59 bits per heavy atom. The fourth-order valence-corrected chi connectivity index (χ4v) is 3.15. The van der Waals surface area contributed by atoms with Crippen LogP contribution in [0.3, 0.4) is 0 Å². The van der Waals surface area contributed by atoms with E-state index in [9.17, 15) is 9.59 Å². The Balaban J connectivity index is 1.62. The number of hydrogen-bond acceptors (Lipinski definition) is 5. The van der Waals surface area contributed by atoms with Gasteiger partial charge in [0.25, 0.3) is 0 Å². The second kappa shape index (κ2) is 12.7. The van der Waals surface area contributed by atoms with Gasteiger partial charge in [0.1, 0.15) is 5.84 Å². The normalized spacial score (nSPS) is 13.3. The van der Waals surface area contributed by atoms with E-state index in [1.165, 1.54) is 0 Å². The summed E-state index contributed by atoms with van der Waals surface area (Å²) in [6, 6.07) is 5.30. The lowest BCUT2D eigenvalue weighted by Crippen LogP contribution is -2.30. The molecule has 0 aliphatic carbocycles. The molecule has 0 aromatic heterocycles. The molecule has 0 saturated carbocycles. The van der Waals surface area contributed by atoms with Crippen LogP contribution in [0.4, 0.5) is 5.69 Å². The fourth-order valence-electron chi connectivity index (χ4n) is 2.86. The maximum absolute atomic E-state index is 12.1. The molecular formula is C19H26BCl2N5O2. The van der Waals surface area contributed by atoms with Gasteiger partial charge in [0.2, 0.25) is 11.8 Å². The van der Waals surface area contributed by atoms with Crippen molar-refractivity contribution in [2.24, 2.45) is 5.10 Å². The molecule has 2 rings (SSSR count). The second-order valence-corrected chi connectivity index (χ2v) is 7.60. The van der Waals surface area contributed by atoms with Crippen LogP contribution in [-0.2, 0) is 9.59 Å². The summed E-state index contributed by atoms with van der Waals surface area (Å²) in [4.78, 5) is 23.8. The van der Waals surface area contributed by atoms with E-state index in [4.69, 9.17) is 31.2 Å². The largest absolute Gasteiger partial charge is 0.366 e. The van der Waals surface area contributed by atoms with Crippen LogP contribution in [0.15, 0.2) is 23.3 Å². The van der Waals surface area contributed by atoms with Crippen LogP contribution in [0.5, 0.6) is 0 Å². The van der Waals surface area contributed by atoms with Crippen LogP contribution in [0, 0.1) is 0 Å². The van der Waals surface area contributed by atoms with Crippen molar-refractivity contribution in [3.05, 3.63) is 28.2 Å². The van der Waals surface area contributed by atoms with Crippen LogP contribution < -0.4 is 20.9 Å². The average Bonchev–Trinajstić information content (AvgIpc) is 3.15. The quantitative estimate of drug-likeness (QED) is 0.367. The Kier molecular flexibility index (Phi) is 10.3. The molecule has 0 fully saturated rings. The molecule has 0 bridgehead atoms. The van der Waals surface area contributed by atoms with Gasteiger partial charge in [0, 0.05) is 32.4 Å². The third-order valence-electron chi connectivity index (χ3n) is 4.41. The monoisotopic (exact) mass is 437 g/mol. The van der Waals surface area contributed by atoms with Crippen LogP contribution in [0.1, 0.15) is 44.9 Å². The summed E-state index contributed by atoms with van der Waals surface area (Å²) in [6.07, 6.45) is 4.80. The first-order valence-electron chi connectivity index (χ1n) is 9.79. The molecule has 0 unspecified atom stereocenters. The van der Waals surface area contributed by atoms with Gasteiger partial charge in [-0.25, -0.2) is 0 Å². The summed E-state index contributed by atoms with van der Waals surface area (Å²) >= 11 is 12.0. The fraction of sp³-hybridized carbons (Fsp3) is 0.526. The molecule has 10 heteroatoms. The number of hydrazone groups is 1. The lowest BCUT2D eigenvalue weighted by molar-refractivity contribution is -0.122. The first kappa shape index (κ1) is 23.5. The van der Waals surface area contributed by atoms with Gasteiger partial charge in [0.05, 0.1) is 15.7 Å². The Bertz CT molecular complexity index is 733. The van der Waals surface area contributed by atoms with Crippen molar-refractivity contribution in [2.75, 3.05) is 24.6 Å². The van der Waals surface area contributed by atoms with Gasteiger partial charge < -0.3 is 15.9 Å². The summed E-state index contributed by atoms with van der Waals surface area (Å²) in [5, 5.41) is 15.4. The van der Waals surface area contributed by atoms with Gasteiger partial charge in [-0.05, 0) is 44.0 Å². The smallest absolute Gasteiger partial charge is 0.225 e. The lowest BCUT2D eigenvalue weighted by Gasteiger charge is -2.13. The molecule has 1 aromatic carbocycles. The number of amidine groups is 1. The number of carbonyl (C=O) groups is 2. The van der Waals surface area contributed by atoms with E-state index in [2.05, 4.69) is 21.0 Å². The van der Waals surface area contributed by atoms with Crippen molar-refractivity contribution in [3.63, 3.8) is 0 Å². The molecule has 3 N–H and O–H groups in total. The molecule has 0 spiro atoms. The van der Waals surface area contributed by atoms with Gasteiger partial charge in [-0.15, -0.1) is 0 Å². The molecule has 29 heavy (non-hydrogen) atoms. The molecule has 156 valence electrons. The van der Waals surface area contributed by atoms with Crippen molar-refractivity contribution in [1.82, 2.24) is 15.9 Å². The molecule has 1 aromatic rings. The SMILES string of the molecule is [B]NCCCCCC(=O)NCCCC(=O)NC1=NN(c2ccc(Cl)c(Cl)c2)CC1. The molecule has 1 aliphatic heterocycles. The number of anilines is 1. The van der Waals surface area contributed by atoms with Crippen LogP contribution in [0.2, 0.25) is 10.0 Å². The number of amides is 2. The maximum Gasteiger partial charge on any atom is 0.225 e. The molecule has 7 nitrogen and oxygen atoms in total. The molecule has 0 atom stereocenters. The van der Waals surface area contributed by atoms with E-state index in [1.807, 2.05) is 6.07 Å². The number of hydrogen-bond donors (Lipinski definition) is 3. The number of halogens is 2. The summed E-state index contributed by atoms with van der Waals surface area (Å²) in [5.41, 5.74) is 0.825. The third kappa shape index (κ3) is 8.64. The number of carbonyl (C=O) groups excluding carboxylic acids is 2. The number of unbranched alkanes of at least 4 members (excludes halogenated alkanes) is 2. The van der Waals surface area contributed by atoms with Gasteiger partial charge >= 0.3 is 0 Å². The summed E-state index contributed by atoms with van der Waals surface area (Å²) in [6.45, 7) is 1.90. The van der Waals surface area contributed by atoms with Crippen LogP contribution in [-0.4, -0.2) is 45.3 Å². The predicted octanol–water partition coefficient (Wildman–Crippen LogP) is 2.76. The second-order valence-electron chi connectivity index (χ2n) is 6.78. The van der Waals surface area contributed by atoms with E-state index < -0.39 is 0 Å². The van der Waals surface area contributed by atoms with Crippen molar-refractivity contribution in [2.45, 2.75) is 44.9 Å². The molecule has 0 saturated heterocycles. The first-order chi connectivity index (χ1) is 14.0. The van der Waals surface area contributed by atoms with E-state index in [-0.39, 0.29) is 11.8 Å². The zero-order valence-corrected chi connectivity index (χ0v) is 17.9. The van der Waals surface area contributed by atoms with Crippen molar-refractivity contribution in [3.8, 4) is 0 Å². The van der Waals surface area contributed by atoms with Crippen molar-refractivity contribution in [1.29, 1.82) is 0 Å². The van der Waals surface area contributed by atoms with E-state index in [0.29, 0.717) is 54.7 Å².